The summed E-state index contributed by atoms with van der Waals surface area (Å²) in [6, 6.07) is 13.1. The fourth-order valence-electron chi connectivity index (χ4n) is 2.89. The largest absolute Gasteiger partial charge is 0.433 e. The van der Waals surface area contributed by atoms with Crippen LogP contribution in [0.25, 0.3) is 11.4 Å². The fraction of sp³-hybridized carbons (Fsp3) is 0.235. The van der Waals surface area contributed by atoms with Crippen molar-refractivity contribution in [3.8, 4) is 17.1 Å². The molecule has 2 aromatic heterocycles. The van der Waals surface area contributed by atoms with Crippen molar-refractivity contribution in [2.45, 2.75) is 19.7 Å². The highest BCUT2D eigenvalue weighted by Crippen LogP contribution is 2.25. The zero-order valence-electron chi connectivity index (χ0n) is 13.2. The number of pyridine rings is 1. The maximum atomic E-state index is 12.2. The van der Waals surface area contributed by atoms with Gasteiger partial charge in [0.25, 0.3) is 0 Å². The van der Waals surface area contributed by atoms with Crippen LogP contribution in [0.2, 0.25) is 0 Å². The normalized spacial score (nSPS) is 13.8. The van der Waals surface area contributed by atoms with Gasteiger partial charge in [-0.1, -0.05) is 30.3 Å². The van der Waals surface area contributed by atoms with Crippen LogP contribution in [0, 0.1) is 0 Å². The number of anilines is 1. The monoisotopic (exact) mass is 343 g/mol. The van der Waals surface area contributed by atoms with Gasteiger partial charge in [-0.15, -0.1) is 10.2 Å². The smallest absolute Gasteiger partial charge is 0.387 e. The summed E-state index contributed by atoms with van der Waals surface area (Å²) >= 11 is 0. The minimum absolute atomic E-state index is 0.0466. The molecule has 0 amide bonds. The number of nitrogens with zero attached hydrogens (tertiary/aromatic N) is 5. The molecule has 3 aromatic rings. The first-order valence-electron chi connectivity index (χ1n) is 7.84. The third-order valence-electron chi connectivity index (χ3n) is 4.06. The molecule has 0 saturated carbocycles. The molecule has 1 aliphatic rings. The Balaban J connectivity index is 1.53. The molecule has 128 valence electrons. The molecule has 0 N–H and O–H groups in total. The Morgan fingerprint density at radius 1 is 1.00 bits per heavy atom. The van der Waals surface area contributed by atoms with Crippen molar-refractivity contribution < 1.29 is 13.5 Å². The number of aromatic nitrogens is 4. The van der Waals surface area contributed by atoms with Crippen LogP contribution in [0.4, 0.5) is 14.6 Å². The van der Waals surface area contributed by atoms with Crippen molar-refractivity contribution in [1.82, 2.24) is 19.7 Å². The zero-order valence-corrected chi connectivity index (χ0v) is 13.2. The highest BCUT2D eigenvalue weighted by Gasteiger charge is 2.22. The Labute approximate surface area is 142 Å². The first-order valence-corrected chi connectivity index (χ1v) is 7.84. The van der Waals surface area contributed by atoms with Gasteiger partial charge < -0.3 is 14.2 Å². The van der Waals surface area contributed by atoms with Crippen LogP contribution in [-0.4, -0.2) is 32.9 Å². The van der Waals surface area contributed by atoms with Crippen LogP contribution < -0.4 is 9.64 Å². The quantitative estimate of drug-likeness (QED) is 0.729. The molecule has 4 rings (SSSR count). The van der Waals surface area contributed by atoms with Crippen LogP contribution in [0.3, 0.4) is 0 Å². The number of rotatable bonds is 4. The maximum absolute atomic E-state index is 12.2. The summed E-state index contributed by atoms with van der Waals surface area (Å²) in [6.07, 6.45) is 1.30. The lowest BCUT2D eigenvalue weighted by Gasteiger charge is -2.28. The van der Waals surface area contributed by atoms with Crippen LogP contribution >= 0.6 is 0 Å². The van der Waals surface area contributed by atoms with Crippen LogP contribution in [0.15, 0.2) is 48.7 Å². The molecule has 1 aliphatic heterocycles. The van der Waals surface area contributed by atoms with Crippen molar-refractivity contribution in [3.63, 3.8) is 0 Å². The van der Waals surface area contributed by atoms with Gasteiger partial charge in [0.1, 0.15) is 11.6 Å². The second kappa shape index (κ2) is 6.46. The standard InChI is InChI=1S/C17H15F2N5O/c18-17(19)25-13-6-7-14(20-10-13)23-8-9-24-15(11-23)21-22-16(24)12-4-2-1-3-5-12/h1-7,10,17H,8-9,11H2. The van der Waals surface area contributed by atoms with Crippen molar-refractivity contribution in [1.29, 1.82) is 0 Å². The highest BCUT2D eigenvalue weighted by molar-refractivity contribution is 5.55. The molecule has 6 nitrogen and oxygen atoms in total. The predicted molar refractivity (Wildman–Crippen MR) is 87.4 cm³/mol. The van der Waals surface area contributed by atoms with E-state index in [1.54, 1.807) is 6.07 Å². The van der Waals surface area contributed by atoms with Crippen molar-refractivity contribution in [2.75, 3.05) is 11.4 Å². The van der Waals surface area contributed by atoms with Gasteiger partial charge in [-0.2, -0.15) is 8.78 Å². The molecule has 0 atom stereocenters. The van der Waals surface area contributed by atoms with Gasteiger partial charge in [0.2, 0.25) is 0 Å². The SMILES string of the molecule is FC(F)Oc1ccc(N2CCn3c(nnc3-c3ccccc3)C2)nc1. The minimum atomic E-state index is -2.85. The molecule has 25 heavy (non-hydrogen) atoms. The number of halogens is 2. The summed E-state index contributed by atoms with van der Waals surface area (Å²) in [6.45, 7) is -0.837. The van der Waals surface area contributed by atoms with E-state index in [1.165, 1.54) is 12.3 Å². The third-order valence-corrected chi connectivity index (χ3v) is 4.06. The molecule has 1 aromatic carbocycles. The lowest BCUT2D eigenvalue weighted by atomic mass is 10.2. The van der Waals surface area contributed by atoms with Gasteiger partial charge in [-0.25, -0.2) is 4.98 Å². The summed E-state index contributed by atoms with van der Waals surface area (Å²) in [5.74, 6) is 2.44. The first-order chi connectivity index (χ1) is 12.2. The van der Waals surface area contributed by atoms with Crippen molar-refractivity contribution >= 4 is 5.82 Å². The molecule has 0 unspecified atom stereocenters. The summed E-state index contributed by atoms with van der Waals surface area (Å²) in [5.41, 5.74) is 1.03. The molecular weight excluding hydrogens is 328 g/mol. The van der Waals surface area contributed by atoms with Crippen LogP contribution in [0.1, 0.15) is 5.82 Å². The van der Waals surface area contributed by atoms with E-state index in [0.29, 0.717) is 12.4 Å². The fourth-order valence-corrected chi connectivity index (χ4v) is 2.89. The first kappa shape index (κ1) is 15.5. The Hall–Kier alpha value is -3.03. The van der Waals surface area contributed by atoms with Gasteiger partial charge >= 0.3 is 6.61 Å². The molecule has 0 fully saturated rings. The average Bonchev–Trinajstić information content (AvgIpc) is 3.06. The second-order valence-corrected chi connectivity index (χ2v) is 5.61. The van der Waals surface area contributed by atoms with Gasteiger partial charge in [0.05, 0.1) is 12.7 Å². The molecular formula is C17H15F2N5O. The van der Waals surface area contributed by atoms with E-state index in [4.69, 9.17) is 0 Å². The summed E-state index contributed by atoms with van der Waals surface area (Å²) in [4.78, 5) is 6.24. The van der Waals surface area contributed by atoms with Crippen molar-refractivity contribution in [3.05, 3.63) is 54.5 Å². The summed E-state index contributed by atoms with van der Waals surface area (Å²) in [5, 5.41) is 8.59. The number of hydrogen-bond acceptors (Lipinski definition) is 5. The maximum Gasteiger partial charge on any atom is 0.387 e. The van der Waals surface area contributed by atoms with Crippen LogP contribution in [-0.2, 0) is 13.1 Å². The van der Waals surface area contributed by atoms with Gasteiger partial charge in [0, 0.05) is 18.7 Å². The number of benzene rings is 1. The van der Waals surface area contributed by atoms with E-state index >= 15 is 0 Å². The Morgan fingerprint density at radius 3 is 2.56 bits per heavy atom. The third kappa shape index (κ3) is 3.15. The number of ether oxygens (including phenoxy) is 1. The van der Waals surface area contributed by atoms with Crippen LogP contribution in [0.5, 0.6) is 5.75 Å². The van der Waals surface area contributed by atoms with Gasteiger partial charge in [0.15, 0.2) is 11.6 Å². The highest BCUT2D eigenvalue weighted by atomic mass is 19.3. The van der Waals surface area contributed by atoms with E-state index < -0.39 is 6.61 Å². The Morgan fingerprint density at radius 2 is 1.84 bits per heavy atom. The molecule has 0 bridgehead atoms. The van der Waals surface area contributed by atoms with E-state index in [-0.39, 0.29) is 5.75 Å². The topological polar surface area (TPSA) is 56.1 Å². The Kier molecular flexibility index (Phi) is 4.01. The number of hydrogen-bond donors (Lipinski definition) is 0. The van der Waals surface area contributed by atoms with E-state index in [0.717, 1.165) is 30.3 Å². The van der Waals surface area contributed by atoms with Gasteiger partial charge in [-0.3, -0.25) is 0 Å². The molecule has 8 heteroatoms. The molecule has 0 saturated heterocycles. The minimum Gasteiger partial charge on any atom is -0.433 e. The van der Waals surface area contributed by atoms with E-state index in [2.05, 4.69) is 24.5 Å². The van der Waals surface area contributed by atoms with E-state index in [9.17, 15) is 8.78 Å². The summed E-state index contributed by atoms with van der Waals surface area (Å²) < 4.78 is 30.8. The molecule has 0 radical (unpaired) electrons. The summed E-state index contributed by atoms with van der Waals surface area (Å²) in [7, 11) is 0. The zero-order chi connectivity index (χ0) is 17.2. The van der Waals surface area contributed by atoms with Gasteiger partial charge in [-0.05, 0) is 12.1 Å². The molecule has 3 heterocycles. The van der Waals surface area contributed by atoms with Crippen molar-refractivity contribution in [2.24, 2.45) is 0 Å². The molecule has 0 spiro atoms. The number of alkyl halides is 2. The molecule has 0 aliphatic carbocycles. The average molecular weight is 343 g/mol. The predicted octanol–water partition coefficient (Wildman–Crippen LogP) is 2.96. The second-order valence-electron chi connectivity index (χ2n) is 5.61. The number of fused-ring (bicyclic) bond motifs is 1. The van der Waals surface area contributed by atoms with E-state index in [1.807, 2.05) is 35.2 Å². The Bertz CT molecular complexity index is 851. The lowest BCUT2D eigenvalue weighted by molar-refractivity contribution is -0.0500. The lowest BCUT2D eigenvalue weighted by Crippen LogP contribution is -2.34.